The first kappa shape index (κ1) is 15.3. The Balaban J connectivity index is 1.57. The fourth-order valence-corrected chi connectivity index (χ4v) is 3.49. The second-order valence-electron chi connectivity index (χ2n) is 6.62. The summed E-state index contributed by atoms with van der Waals surface area (Å²) in [6.45, 7) is 3.01. The Kier molecular flexibility index (Phi) is 4.36. The van der Waals surface area contributed by atoms with Crippen LogP contribution in [-0.4, -0.2) is 43.2 Å². The summed E-state index contributed by atoms with van der Waals surface area (Å²) < 4.78 is 5.87. The van der Waals surface area contributed by atoms with Gasteiger partial charge in [-0.3, -0.25) is 4.79 Å². The smallest absolute Gasteiger partial charge is 0.253 e. The maximum atomic E-state index is 12.5. The molecule has 1 aromatic rings. The van der Waals surface area contributed by atoms with Gasteiger partial charge in [-0.15, -0.1) is 0 Å². The Bertz CT molecular complexity index is 511. The highest BCUT2D eigenvalue weighted by Crippen LogP contribution is 2.40. The molecule has 1 amide bonds. The molecule has 0 saturated carbocycles. The SMILES string of the molecule is NCC1CCC2(CCN(C(=O)c3ccc(N)cc3)CC2)CO1. The Morgan fingerprint density at radius 1 is 1.23 bits per heavy atom. The van der Waals surface area contributed by atoms with E-state index in [0.29, 0.717) is 17.8 Å². The summed E-state index contributed by atoms with van der Waals surface area (Å²) in [4.78, 5) is 14.5. The number of anilines is 1. The van der Waals surface area contributed by atoms with Gasteiger partial charge in [-0.2, -0.15) is 0 Å². The molecule has 2 aliphatic rings. The molecule has 2 heterocycles. The maximum Gasteiger partial charge on any atom is 0.253 e. The minimum Gasteiger partial charge on any atom is -0.399 e. The molecule has 4 N–H and O–H groups in total. The minimum absolute atomic E-state index is 0.103. The fraction of sp³-hybridized carbons (Fsp3) is 0.588. The summed E-state index contributed by atoms with van der Waals surface area (Å²) in [5, 5.41) is 0. The Morgan fingerprint density at radius 2 is 1.91 bits per heavy atom. The van der Waals surface area contributed by atoms with Gasteiger partial charge in [0.25, 0.3) is 5.91 Å². The average molecular weight is 303 g/mol. The molecular weight excluding hydrogens is 278 g/mol. The van der Waals surface area contributed by atoms with Crippen molar-refractivity contribution in [3.63, 3.8) is 0 Å². The topological polar surface area (TPSA) is 81.6 Å². The molecule has 1 unspecified atom stereocenters. The number of amides is 1. The maximum absolute atomic E-state index is 12.5. The highest BCUT2D eigenvalue weighted by Gasteiger charge is 2.39. The van der Waals surface area contributed by atoms with Crippen LogP contribution in [0.4, 0.5) is 5.69 Å². The van der Waals surface area contributed by atoms with E-state index in [1.807, 2.05) is 4.90 Å². The number of rotatable bonds is 2. The monoisotopic (exact) mass is 303 g/mol. The third-order valence-electron chi connectivity index (χ3n) is 5.15. The summed E-state index contributed by atoms with van der Waals surface area (Å²) in [5.41, 5.74) is 13.0. The van der Waals surface area contributed by atoms with Crippen molar-refractivity contribution in [3.8, 4) is 0 Å². The molecular formula is C17H25N3O2. The molecule has 5 heteroatoms. The van der Waals surface area contributed by atoms with Crippen molar-refractivity contribution < 1.29 is 9.53 Å². The van der Waals surface area contributed by atoms with Gasteiger partial charge in [-0.05, 0) is 55.4 Å². The lowest BCUT2D eigenvalue weighted by molar-refractivity contribution is -0.0790. The van der Waals surface area contributed by atoms with Gasteiger partial charge in [0.15, 0.2) is 0 Å². The molecule has 2 saturated heterocycles. The van der Waals surface area contributed by atoms with Crippen molar-refractivity contribution in [1.29, 1.82) is 0 Å². The van der Waals surface area contributed by atoms with E-state index in [-0.39, 0.29) is 17.4 Å². The predicted molar refractivity (Wildman–Crippen MR) is 86.5 cm³/mol. The van der Waals surface area contributed by atoms with E-state index in [1.165, 1.54) is 6.42 Å². The van der Waals surface area contributed by atoms with Crippen molar-refractivity contribution >= 4 is 11.6 Å². The van der Waals surface area contributed by atoms with E-state index in [1.54, 1.807) is 24.3 Å². The van der Waals surface area contributed by atoms with Crippen LogP contribution in [0.15, 0.2) is 24.3 Å². The number of benzene rings is 1. The first-order chi connectivity index (χ1) is 10.6. The van der Waals surface area contributed by atoms with Crippen LogP contribution in [0.25, 0.3) is 0 Å². The largest absolute Gasteiger partial charge is 0.399 e. The van der Waals surface area contributed by atoms with Gasteiger partial charge in [0.2, 0.25) is 0 Å². The van der Waals surface area contributed by atoms with Crippen molar-refractivity contribution in [2.24, 2.45) is 11.1 Å². The number of carbonyl (C=O) groups is 1. The first-order valence-corrected chi connectivity index (χ1v) is 8.08. The summed E-state index contributed by atoms with van der Waals surface area (Å²) in [6, 6.07) is 7.16. The van der Waals surface area contributed by atoms with Crippen LogP contribution in [-0.2, 0) is 4.74 Å². The van der Waals surface area contributed by atoms with Crippen LogP contribution >= 0.6 is 0 Å². The summed E-state index contributed by atoms with van der Waals surface area (Å²) in [6.07, 6.45) is 4.47. The number of carbonyl (C=O) groups excluding carboxylic acids is 1. The van der Waals surface area contributed by atoms with Gasteiger partial charge in [-0.25, -0.2) is 0 Å². The van der Waals surface area contributed by atoms with E-state index in [2.05, 4.69) is 0 Å². The zero-order valence-corrected chi connectivity index (χ0v) is 13.0. The van der Waals surface area contributed by atoms with Gasteiger partial charge in [0.1, 0.15) is 0 Å². The standard InChI is InChI=1S/C17H25N3O2/c18-11-15-5-6-17(12-22-15)7-9-20(10-8-17)16(21)13-1-3-14(19)4-2-13/h1-4,15H,5-12,18-19H2. The zero-order chi connectivity index (χ0) is 15.6. The normalized spacial score (nSPS) is 24.4. The highest BCUT2D eigenvalue weighted by molar-refractivity contribution is 5.94. The molecule has 22 heavy (non-hydrogen) atoms. The quantitative estimate of drug-likeness (QED) is 0.814. The number of hydrogen-bond donors (Lipinski definition) is 2. The molecule has 5 nitrogen and oxygen atoms in total. The minimum atomic E-state index is 0.103. The Labute approximate surface area is 131 Å². The van der Waals surface area contributed by atoms with Crippen LogP contribution in [0.2, 0.25) is 0 Å². The molecule has 1 aromatic carbocycles. The molecule has 0 bridgehead atoms. The highest BCUT2D eigenvalue weighted by atomic mass is 16.5. The van der Waals surface area contributed by atoms with Crippen LogP contribution in [0.1, 0.15) is 36.0 Å². The van der Waals surface area contributed by atoms with E-state index in [4.69, 9.17) is 16.2 Å². The van der Waals surface area contributed by atoms with Crippen LogP contribution in [0.5, 0.6) is 0 Å². The lowest BCUT2D eigenvalue weighted by Gasteiger charge is -2.45. The van der Waals surface area contributed by atoms with Crippen molar-refractivity contribution in [1.82, 2.24) is 4.90 Å². The summed E-state index contributed by atoms with van der Waals surface area (Å²) in [5.74, 6) is 0.103. The van der Waals surface area contributed by atoms with Crippen molar-refractivity contribution in [2.45, 2.75) is 31.8 Å². The third kappa shape index (κ3) is 3.10. The second-order valence-corrected chi connectivity index (χ2v) is 6.62. The lowest BCUT2D eigenvalue weighted by atomic mass is 9.73. The Morgan fingerprint density at radius 3 is 2.45 bits per heavy atom. The first-order valence-electron chi connectivity index (χ1n) is 8.08. The average Bonchev–Trinajstić information content (AvgIpc) is 2.56. The van der Waals surface area contributed by atoms with Crippen LogP contribution in [0.3, 0.4) is 0 Å². The van der Waals surface area contributed by atoms with Gasteiger partial charge < -0.3 is 21.1 Å². The molecule has 0 radical (unpaired) electrons. The van der Waals surface area contributed by atoms with Crippen LogP contribution in [0, 0.1) is 5.41 Å². The van der Waals surface area contributed by atoms with Gasteiger partial charge in [-0.1, -0.05) is 0 Å². The van der Waals surface area contributed by atoms with E-state index in [9.17, 15) is 4.79 Å². The molecule has 0 aromatic heterocycles. The number of piperidine rings is 1. The number of nitrogens with two attached hydrogens (primary N) is 2. The number of ether oxygens (including phenoxy) is 1. The molecule has 3 rings (SSSR count). The summed E-state index contributed by atoms with van der Waals surface area (Å²) >= 11 is 0. The summed E-state index contributed by atoms with van der Waals surface area (Å²) in [7, 11) is 0. The molecule has 1 atom stereocenters. The number of hydrogen-bond acceptors (Lipinski definition) is 4. The molecule has 0 aliphatic carbocycles. The van der Waals surface area contributed by atoms with Gasteiger partial charge in [0.05, 0.1) is 12.7 Å². The number of likely N-dealkylation sites (tertiary alicyclic amines) is 1. The van der Waals surface area contributed by atoms with Crippen molar-refractivity contribution in [2.75, 3.05) is 32.0 Å². The zero-order valence-electron chi connectivity index (χ0n) is 13.0. The van der Waals surface area contributed by atoms with Gasteiger partial charge in [0, 0.05) is 30.9 Å². The third-order valence-corrected chi connectivity index (χ3v) is 5.15. The lowest BCUT2D eigenvalue weighted by Crippen LogP contribution is -2.48. The van der Waals surface area contributed by atoms with Gasteiger partial charge >= 0.3 is 0 Å². The van der Waals surface area contributed by atoms with Crippen LogP contribution < -0.4 is 11.5 Å². The predicted octanol–water partition coefficient (Wildman–Crippen LogP) is 1.63. The molecule has 2 fully saturated rings. The van der Waals surface area contributed by atoms with E-state index in [0.717, 1.165) is 39.0 Å². The second kappa shape index (κ2) is 6.26. The molecule has 2 aliphatic heterocycles. The molecule has 120 valence electrons. The number of nitrogen functional groups attached to an aromatic ring is 1. The van der Waals surface area contributed by atoms with E-state index < -0.39 is 0 Å². The fourth-order valence-electron chi connectivity index (χ4n) is 3.49. The van der Waals surface area contributed by atoms with E-state index >= 15 is 0 Å². The molecule has 1 spiro atoms. The van der Waals surface area contributed by atoms with Crippen molar-refractivity contribution in [3.05, 3.63) is 29.8 Å². The Hall–Kier alpha value is -1.59. The number of nitrogens with zero attached hydrogens (tertiary/aromatic N) is 1.